The van der Waals surface area contributed by atoms with E-state index in [0.717, 1.165) is 25.3 Å². The molecule has 0 aliphatic rings. The van der Waals surface area contributed by atoms with E-state index in [4.69, 9.17) is 5.11 Å². The summed E-state index contributed by atoms with van der Waals surface area (Å²) in [5.74, 6) is -1.98. The summed E-state index contributed by atoms with van der Waals surface area (Å²) in [4.78, 5) is 11.0. The molecule has 0 atom stereocenters. The molecule has 0 aliphatic carbocycles. The van der Waals surface area contributed by atoms with Crippen LogP contribution in [0, 0.1) is 0 Å². The zero-order valence-electron chi connectivity index (χ0n) is 11.3. The van der Waals surface area contributed by atoms with Gasteiger partial charge in [-0.05, 0) is 41.5 Å². The van der Waals surface area contributed by atoms with Crippen molar-refractivity contribution in [2.45, 2.75) is 6.18 Å². The van der Waals surface area contributed by atoms with E-state index in [1.165, 1.54) is 18.2 Å². The number of phenolic OH excluding ortho intramolecular Hbond substituents is 1. The van der Waals surface area contributed by atoms with Gasteiger partial charge in [-0.1, -0.05) is 6.07 Å². The minimum absolute atomic E-state index is 0.117. The van der Waals surface area contributed by atoms with Crippen LogP contribution in [0.25, 0.3) is 11.1 Å². The standard InChI is InChI=1S/C15H11F3O4/c1-22-13-3-2-8(7-12(13)15(16,17)18)9-4-10(14(20)21)6-11(19)5-9/h2-7,19H,1H3,(H,20,21). The predicted octanol–water partition coefficient (Wildman–Crippen LogP) is 3.78. The van der Waals surface area contributed by atoms with E-state index < -0.39 is 17.7 Å². The number of methoxy groups -OCH3 is 1. The number of benzene rings is 2. The summed E-state index contributed by atoms with van der Waals surface area (Å²) >= 11 is 0. The van der Waals surface area contributed by atoms with Crippen molar-refractivity contribution in [1.82, 2.24) is 0 Å². The van der Waals surface area contributed by atoms with Crippen molar-refractivity contribution in [1.29, 1.82) is 0 Å². The molecule has 0 heterocycles. The summed E-state index contributed by atoms with van der Waals surface area (Å²) in [5.41, 5.74) is -0.927. The first kappa shape index (κ1) is 15.7. The number of carbonyl (C=O) groups is 1. The van der Waals surface area contributed by atoms with Gasteiger partial charge in [0.1, 0.15) is 11.5 Å². The van der Waals surface area contributed by atoms with E-state index in [1.807, 2.05) is 0 Å². The Hall–Kier alpha value is -2.70. The molecule has 0 unspecified atom stereocenters. The number of alkyl halides is 3. The molecule has 7 heteroatoms. The third-order valence-corrected chi connectivity index (χ3v) is 3.00. The second-order valence-electron chi connectivity index (χ2n) is 4.49. The monoisotopic (exact) mass is 312 g/mol. The lowest BCUT2D eigenvalue weighted by Crippen LogP contribution is -2.07. The number of aromatic hydroxyl groups is 1. The molecule has 22 heavy (non-hydrogen) atoms. The SMILES string of the molecule is COc1ccc(-c2cc(O)cc(C(=O)O)c2)cc1C(F)(F)F. The molecule has 2 aromatic rings. The number of hydrogen-bond donors (Lipinski definition) is 2. The zero-order chi connectivity index (χ0) is 16.5. The molecule has 0 aliphatic heterocycles. The number of phenols is 1. The molecular formula is C15H11F3O4. The van der Waals surface area contributed by atoms with Crippen molar-refractivity contribution in [2.24, 2.45) is 0 Å². The summed E-state index contributed by atoms with van der Waals surface area (Å²) < 4.78 is 43.7. The molecule has 0 bridgehead atoms. The van der Waals surface area contributed by atoms with E-state index in [0.29, 0.717) is 0 Å². The maximum atomic E-state index is 13.0. The number of aromatic carboxylic acids is 1. The molecule has 0 saturated carbocycles. The zero-order valence-corrected chi connectivity index (χ0v) is 11.3. The average Bonchev–Trinajstić information content (AvgIpc) is 2.45. The number of carboxylic acids is 1. The lowest BCUT2D eigenvalue weighted by atomic mass is 10.00. The second-order valence-corrected chi connectivity index (χ2v) is 4.49. The van der Waals surface area contributed by atoms with Gasteiger partial charge < -0.3 is 14.9 Å². The highest BCUT2D eigenvalue weighted by atomic mass is 19.4. The lowest BCUT2D eigenvalue weighted by Gasteiger charge is -2.14. The van der Waals surface area contributed by atoms with Crippen LogP contribution < -0.4 is 4.74 Å². The van der Waals surface area contributed by atoms with Crippen molar-refractivity contribution >= 4 is 5.97 Å². The quantitative estimate of drug-likeness (QED) is 0.905. The Kier molecular flexibility index (Phi) is 3.99. The van der Waals surface area contributed by atoms with E-state index in [-0.39, 0.29) is 28.2 Å². The average molecular weight is 312 g/mol. The third kappa shape index (κ3) is 3.13. The first-order valence-electron chi connectivity index (χ1n) is 6.05. The summed E-state index contributed by atoms with van der Waals surface area (Å²) in [7, 11) is 1.13. The van der Waals surface area contributed by atoms with Gasteiger partial charge in [0.15, 0.2) is 0 Å². The molecule has 4 nitrogen and oxygen atoms in total. The molecule has 2 rings (SSSR count). The Morgan fingerprint density at radius 2 is 1.77 bits per heavy atom. The normalized spacial score (nSPS) is 11.3. The van der Waals surface area contributed by atoms with Gasteiger partial charge in [0, 0.05) is 0 Å². The number of carboxylic acid groups (broad SMARTS) is 1. The smallest absolute Gasteiger partial charge is 0.419 e. The third-order valence-electron chi connectivity index (χ3n) is 3.00. The minimum Gasteiger partial charge on any atom is -0.508 e. The summed E-state index contributed by atoms with van der Waals surface area (Å²) in [6, 6.07) is 6.73. The van der Waals surface area contributed by atoms with Crippen LogP contribution in [0.1, 0.15) is 15.9 Å². The Bertz CT molecular complexity index is 723. The Morgan fingerprint density at radius 3 is 2.32 bits per heavy atom. The van der Waals surface area contributed by atoms with E-state index in [2.05, 4.69) is 4.74 Å². The van der Waals surface area contributed by atoms with Crippen molar-refractivity contribution in [2.75, 3.05) is 7.11 Å². The minimum atomic E-state index is -4.62. The van der Waals surface area contributed by atoms with Gasteiger partial charge in [0.2, 0.25) is 0 Å². The van der Waals surface area contributed by atoms with Crippen molar-refractivity contribution in [3.05, 3.63) is 47.5 Å². The molecule has 116 valence electrons. The molecule has 0 saturated heterocycles. The highest BCUT2D eigenvalue weighted by molar-refractivity contribution is 5.90. The Balaban J connectivity index is 2.61. The van der Waals surface area contributed by atoms with Crippen LogP contribution in [-0.2, 0) is 6.18 Å². The predicted molar refractivity (Wildman–Crippen MR) is 72.1 cm³/mol. The van der Waals surface area contributed by atoms with Crippen LogP contribution in [0.5, 0.6) is 11.5 Å². The number of hydrogen-bond acceptors (Lipinski definition) is 3. The summed E-state index contributed by atoms with van der Waals surface area (Å²) in [6.07, 6.45) is -4.62. The maximum absolute atomic E-state index is 13.0. The fourth-order valence-corrected chi connectivity index (χ4v) is 2.01. The molecule has 0 aromatic heterocycles. The molecule has 0 amide bonds. The van der Waals surface area contributed by atoms with Gasteiger partial charge in [-0.3, -0.25) is 0 Å². The number of rotatable bonds is 3. The van der Waals surface area contributed by atoms with E-state index >= 15 is 0 Å². The van der Waals surface area contributed by atoms with Gasteiger partial charge in [-0.15, -0.1) is 0 Å². The van der Waals surface area contributed by atoms with Crippen LogP contribution in [0.4, 0.5) is 13.2 Å². The number of halogens is 3. The first-order chi connectivity index (χ1) is 10.2. The molecule has 0 radical (unpaired) electrons. The molecule has 0 spiro atoms. The second kappa shape index (κ2) is 5.59. The lowest BCUT2D eigenvalue weighted by molar-refractivity contribution is -0.138. The van der Waals surface area contributed by atoms with E-state index in [9.17, 15) is 23.1 Å². The summed E-state index contributed by atoms with van der Waals surface area (Å²) in [5, 5.41) is 18.5. The molecule has 2 aromatic carbocycles. The summed E-state index contributed by atoms with van der Waals surface area (Å²) in [6.45, 7) is 0. The van der Waals surface area contributed by atoms with Gasteiger partial charge in [0.25, 0.3) is 0 Å². The van der Waals surface area contributed by atoms with Crippen molar-refractivity contribution < 1.29 is 32.9 Å². The highest BCUT2D eigenvalue weighted by Crippen LogP contribution is 2.39. The van der Waals surface area contributed by atoms with E-state index in [1.54, 1.807) is 0 Å². The van der Waals surface area contributed by atoms with Crippen molar-refractivity contribution in [3.8, 4) is 22.6 Å². The fourth-order valence-electron chi connectivity index (χ4n) is 2.01. The Morgan fingerprint density at radius 1 is 1.09 bits per heavy atom. The van der Waals surface area contributed by atoms with Crippen LogP contribution >= 0.6 is 0 Å². The number of ether oxygens (including phenoxy) is 1. The van der Waals surface area contributed by atoms with Gasteiger partial charge in [-0.25, -0.2) is 4.79 Å². The molecular weight excluding hydrogens is 301 g/mol. The highest BCUT2D eigenvalue weighted by Gasteiger charge is 2.34. The van der Waals surface area contributed by atoms with Crippen LogP contribution in [0.3, 0.4) is 0 Å². The van der Waals surface area contributed by atoms with Crippen LogP contribution in [0.2, 0.25) is 0 Å². The topological polar surface area (TPSA) is 66.8 Å². The van der Waals surface area contributed by atoms with Crippen molar-refractivity contribution in [3.63, 3.8) is 0 Å². The molecule has 2 N–H and O–H groups in total. The van der Waals surface area contributed by atoms with Crippen LogP contribution in [0.15, 0.2) is 36.4 Å². The van der Waals surface area contributed by atoms with Gasteiger partial charge >= 0.3 is 12.1 Å². The first-order valence-corrected chi connectivity index (χ1v) is 6.05. The van der Waals surface area contributed by atoms with Gasteiger partial charge in [0.05, 0.1) is 18.2 Å². The largest absolute Gasteiger partial charge is 0.508 e. The van der Waals surface area contributed by atoms with Crippen LogP contribution in [-0.4, -0.2) is 23.3 Å². The van der Waals surface area contributed by atoms with Gasteiger partial charge in [-0.2, -0.15) is 13.2 Å². The molecule has 0 fully saturated rings. The Labute approximate surface area is 123 Å². The maximum Gasteiger partial charge on any atom is 0.419 e. The fraction of sp³-hybridized carbons (Fsp3) is 0.133.